The summed E-state index contributed by atoms with van der Waals surface area (Å²) in [6.45, 7) is 3.66. The second kappa shape index (κ2) is 10.7. The molecule has 10 heteroatoms. The highest BCUT2D eigenvalue weighted by molar-refractivity contribution is 6.31. The van der Waals surface area contributed by atoms with Gasteiger partial charge in [-0.15, -0.1) is 0 Å². The molecule has 0 bridgehead atoms. The highest BCUT2D eigenvalue weighted by Crippen LogP contribution is 2.27. The first-order valence-corrected chi connectivity index (χ1v) is 11.9. The lowest BCUT2D eigenvalue weighted by Gasteiger charge is -2.10. The van der Waals surface area contributed by atoms with E-state index in [9.17, 15) is 19.6 Å². The topological polar surface area (TPSA) is 119 Å². The summed E-state index contributed by atoms with van der Waals surface area (Å²) in [6, 6.07) is 12.1. The van der Waals surface area contributed by atoms with Crippen LogP contribution < -0.4 is 5.32 Å². The number of carbonyl (C=O) groups is 3. The van der Waals surface area contributed by atoms with Gasteiger partial charge >= 0.3 is 5.97 Å². The van der Waals surface area contributed by atoms with Gasteiger partial charge < -0.3 is 14.6 Å². The average Bonchev–Trinajstić information content (AvgIpc) is 3.44. The van der Waals surface area contributed by atoms with Crippen molar-refractivity contribution in [3.05, 3.63) is 76.2 Å². The lowest BCUT2D eigenvalue weighted by molar-refractivity contribution is -0.141. The van der Waals surface area contributed by atoms with Gasteiger partial charge in [0, 0.05) is 28.5 Å². The third-order valence-electron chi connectivity index (χ3n) is 6.02. The van der Waals surface area contributed by atoms with Crippen LogP contribution in [0.3, 0.4) is 0 Å². The fourth-order valence-electron chi connectivity index (χ4n) is 4.15. The van der Waals surface area contributed by atoms with E-state index in [4.69, 9.17) is 16.3 Å². The lowest BCUT2D eigenvalue weighted by atomic mass is 10.1. The largest absolute Gasteiger partial charge is 0.468 e. The Labute approximate surface area is 218 Å². The van der Waals surface area contributed by atoms with Crippen LogP contribution >= 0.6 is 11.6 Å². The molecule has 188 valence electrons. The van der Waals surface area contributed by atoms with E-state index in [1.54, 1.807) is 58.8 Å². The molecule has 2 heterocycles. The van der Waals surface area contributed by atoms with Gasteiger partial charge in [-0.25, -0.2) is 4.68 Å². The minimum absolute atomic E-state index is 0.0158. The van der Waals surface area contributed by atoms with Gasteiger partial charge in [0.05, 0.1) is 47.1 Å². The number of hydrogen-bond donors (Lipinski definition) is 1. The Kier molecular flexibility index (Phi) is 7.41. The number of aromatic nitrogens is 3. The summed E-state index contributed by atoms with van der Waals surface area (Å²) in [5, 5.41) is 17.9. The smallest absolute Gasteiger partial charge is 0.325 e. The van der Waals surface area contributed by atoms with Crippen molar-refractivity contribution in [1.82, 2.24) is 14.3 Å². The van der Waals surface area contributed by atoms with Crippen molar-refractivity contribution in [2.45, 2.75) is 33.2 Å². The number of nitrogens with zero attached hydrogens (tertiary/aromatic N) is 4. The molecule has 2 aromatic heterocycles. The first kappa shape index (κ1) is 25.7. The zero-order valence-electron chi connectivity index (χ0n) is 20.5. The maximum Gasteiger partial charge on any atom is 0.325 e. The fourth-order valence-corrected chi connectivity index (χ4v) is 4.32. The molecule has 1 amide bonds. The third kappa shape index (κ3) is 5.10. The summed E-state index contributed by atoms with van der Waals surface area (Å²) in [7, 11) is 1.29. The van der Waals surface area contributed by atoms with Gasteiger partial charge in [-0.05, 0) is 49.7 Å². The zero-order valence-corrected chi connectivity index (χ0v) is 21.3. The first-order valence-electron chi connectivity index (χ1n) is 11.6. The Balaban J connectivity index is 1.66. The van der Waals surface area contributed by atoms with E-state index < -0.39 is 11.9 Å². The van der Waals surface area contributed by atoms with Crippen molar-refractivity contribution in [1.29, 1.82) is 5.26 Å². The Bertz CT molecular complexity index is 1580. The molecule has 2 aromatic carbocycles. The molecular weight excluding hydrogens is 494 g/mol. The SMILES string of the molecule is CCCC(=O)c1cnn(-c2ccc(NC(=O)c3cn(CC(=O)OC)c4ccc(Cl)cc34)c(C#N)c2)c1C. The van der Waals surface area contributed by atoms with E-state index in [0.717, 1.165) is 6.42 Å². The molecular formula is C27H24ClN5O4. The number of carbonyl (C=O) groups excluding carboxylic acids is 3. The standard InChI is InChI=1S/C27H24ClN5O4/c1-4-5-25(34)21-13-30-33(16(21)2)19-7-8-23(17(10-19)12-29)31-27(36)22-14-32(15-26(35)37-3)24-9-6-18(28)11-20(22)24/h6-11,13-14H,4-5,15H2,1-3H3,(H,31,36). The van der Waals surface area contributed by atoms with Crippen molar-refractivity contribution in [2.24, 2.45) is 0 Å². The number of halogens is 1. The highest BCUT2D eigenvalue weighted by Gasteiger charge is 2.20. The van der Waals surface area contributed by atoms with Crippen LogP contribution in [0.1, 0.15) is 51.7 Å². The summed E-state index contributed by atoms with van der Waals surface area (Å²) >= 11 is 6.17. The second-order valence-corrected chi connectivity index (χ2v) is 8.87. The number of ketones is 1. The molecule has 1 N–H and O–H groups in total. The van der Waals surface area contributed by atoms with Crippen LogP contribution in [-0.4, -0.2) is 39.1 Å². The number of nitriles is 1. The molecule has 37 heavy (non-hydrogen) atoms. The predicted octanol–water partition coefficient (Wildman–Crippen LogP) is 5.07. The zero-order chi connectivity index (χ0) is 26.7. The monoisotopic (exact) mass is 517 g/mol. The van der Waals surface area contributed by atoms with Gasteiger partial charge in [0.2, 0.25) is 0 Å². The van der Waals surface area contributed by atoms with Crippen LogP contribution in [0.4, 0.5) is 5.69 Å². The van der Waals surface area contributed by atoms with Gasteiger partial charge in [-0.1, -0.05) is 18.5 Å². The number of amides is 1. The van der Waals surface area contributed by atoms with Crippen molar-refractivity contribution >= 4 is 45.9 Å². The summed E-state index contributed by atoms with van der Waals surface area (Å²) < 4.78 is 7.96. The maximum atomic E-state index is 13.3. The Morgan fingerprint density at radius 1 is 1.16 bits per heavy atom. The number of rotatable bonds is 8. The average molecular weight is 518 g/mol. The molecule has 0 fully saturated rings. The number of methoxy groups -OCH3 is 1. The summed E-state index contributed by atoms with van der Waals surface area (Å²) in [6.07, 6.45) is 4.26. The molecule has 9 nitrogen and oxygen atoms in total. The van der Waals surface area contributed by atoms with E-state index in [2.05, 4.69) is 16.5 Å². The minimum atomic E-state index is -0.470. The Hall–Kier alpha value is -4.42. The number of hydrogen-bond acceptors (Lipinski definition) is 6. The molecule has 4 aromatic rings. The third-order valence-corrected chi connectivity index (χ3v) is 6.25. The van der Waals surface area contributed by atoms with Crippen LogP contribution in [0.5, 0.6) is 0 Å². The second-order valence-electron chi connectivity index (χ2n) is 8.43. The molecule has 0 radical (unpaired) electrons. The predicted molar refractivity (Wildman–Crippen MR) is 139 cm³/mol. The van der Waals surface area contributed by atoms with Gasteiger partial charge in [0.25, 0.3) is 5.91 Å². The quantitative estimate of drug-likeness (QED) is 0.257. The molecule has 4 rings (SSSR count). The number of nitrogens with one attached hydrogen (secondary N) is 1. The van der Waals surface area contributed by atoms with Gasteiger partial charge in [-0.3, -0.25) is 14.4 Å². The lowest BCUT2D eigenvalue weighted by Crippen LogP contribution is -2.14. The van der Waals surface area contributed by atoms with Crippen molar-refractivity contribution in [3.8, 4) is 11.8 Å². The van der Waals surface area contributed by atoms with Gasteiger partial charge in [-0.2, -0.15) is 10.4 Å². The highest BCUT2D eigenvalue weighted by atomic mass is 35.5. The molecule has 0 aliphatic carbocycles. The van der Waals surface area contributed by atoms with Crippen LogP contribution in [0.25, 0.3) is 16.6 Å². The van der Waals surface area contributed by atoms with E-state index in [1.165, 1.54) is 13.3 Å². The van der Waals surface area contributed by atoms with Gasteiger partial charge in [0.15, 0.2) is 5.78 Å². The maximum absolute atomic E-state index is 13.3. The van der Waals surface area contributed by atoms with Crippen LogP contribution in [0.15, 0.2) is 48.8 Å². The summed E-state index contributed by atoms with van der Waals surface area (Å²) in [5.41, 5.74) is 3.26. The van der Waals surface area contributed by atoms with Crippen molar-refractivity contribution in [3.63, 3.8) is 0 Å². The minimum Gasteiger partial charge on any atom is -0.468 e. The molecule has 0 unspecified atom stereocenters. The number of fused-ring (bicyclic) bond motifs is 1. The molecule has 0 atom stereocenters. The van der Waals surface area contributed by atoms with E-state index >= 15 is 0 Å². The normalized spacial score (nSPS) is 10.8. The number of ether oxygens (including phenoxy) is 1. The van der Waals surface area contributed by atoms with E-state index in [1.807, 2.05) is 6.92 Å². The van der Waals surface area contributed by atoms with Crippen LogP contribution in [0.2, 0.25) is 5.02 Å². The molecule has 0 saturated carbocycles. The van der Waals surface area contributed by atoms with Crippen molar-refractivity contribution < 1.29 is 19.1 Å². The first-order chi connectivity index (χ1) is 17.8. The number of benzene rings is 2. The van der Waals surface area contributed by atoms with E-state index in [-0.39, 0.29) is 23.5 Å². The molecule has 0 spiro atoms. The van der Waals surface area contributed by atoms with Crippen LogP contribution in [0, 0.1) is 18.3 Å². The van der Waals surface area contributed by atoms with Crippen LogP contribution in [-0.2, 0) is 16.1 Å². The molecule has 0 aliphatic heterocycles. The Morgan fingerprint density at radius 2 is 1.95 bits per heavy atom. The number of esters is 1. The van der Waals surface area contributed by atoms with Crippen molar-refractivity contribution in [2.75, 3.05) is 12.4 Å². The number of anilines is 1. The fraction of sp³-hybridized carbons (Fsp3) is 0.222. The van der Waals surface area contributed by atoms with E-state index in [0.29, 0.717) is 45.0 Å². The number of Topliss-reactive ketones (excluding diaryl/α,β-unsaturated/α-hetero) is 1. The summed E-state index contributed by atoms with van der Waals surface area (Å²) in [4.78, 5) is 37.5. The Morgan fingerprint density at radius 3 is 2.65 bits per heavy atom. The molecule has 0 aliphatic rings. The van der Waals surface area contributed by atoms with Gasteiger partial charge in [0.1, 0.15) is 12.6 Å². The summed E-state index contributed by atoms with van der Waals surface area (Å²) in [5.74, 6) is -0.917. The molecule has 0 saturated heterocycles.